The molecule has 1 fully saturated rings. The Morgan fingerprint density at radius 3 is 2.81 bits per heavy atom. The van der Waals surface area contributed by atoms with E-state index in [9.17, 15) is 5.11 Å². The number of aryl methyl sites for hydroxylation is 1. The highest BCUT2D eigenvalue weighted by atomic mass is 16.3. The van der Waals surface area contributed by atoms with Gasteiger partial charge in [-0.1, -0.05) is 0 Å². The average molecular weight is 221 g/mol. The third-order valence-electron chi connectivity index (χ3n) is 4.13. The number of H-pyrrole nitrogens is 1. The number of nitrogens with two attached hydrogens (primary N) is 1. The second-order valence-corrected chi connectivity index (χ2v) is 5.27. The SMILES string of the molecule is NC1(c2n[nH]c3c2CCC3)CCC(O)CC1. The number of hydrogen-bond donors (Lipinski definition) is 3. The molecule has 1 saturated carbocycles. The van der Waals surface area contributed by atoms with Crippen molar-refractivity contribution in [2.75, 3.05) is 0 Å². The van der Waals surface area contributed by atoms with Crippen molar-refractivity contribution in [3.63, 3.8) is 0 Å². The summed E-state index contributed by atoms with van der Waals surface area (Å²) >= 11 is 0. The first-order valence-corrected chi connectivity index (χ1v) is 6.22. The quantitative estimate of drug-likeness (QED) is 0.662. The van der Waals surface area contributed by atoms with Crippen LogP contribution in [-0.2, 0) is 18.4 Å². The Kier molecular flexibility index (Phi) is 2.30. The molecule has 1 aromatic rings. The molecule has 0 bridgehead atoms. The lowest BCUT2D eigenvalue weighted by Gasteiger charge is -2.34. The van der Waals surface area contributed by atoms with Crippen LogP contribution >= 0.6 is 0 Å². The number of rotatable bonds is 1. The number of fused-ring (bicyclic) bond motifs is 1. The van der Waals surface area contributed by atoms with E-state index in [2.05, 4.69) is 10.2 Å². The van der Waals surface area contributed by atoms with Crippen LogP contribution in [0.3, 0.4) is 0 Å². The van der Waals surface area contributed by atoms with Crippen molar-refractivity contribution in [2.24, 2.45) is 5.73 Å². The van der Waals surface area contributed by atoms with Gasteiger partial charge in [-0.2, -0.15) is 5.10 Å². The minimum absolute atomic E-state index is 0.163. The van der Waals surface area contributed by atoms with Crippen molar-refractivity contribution in [3.05, 3.63) is 17.0 Å². The van der Waals surface area contributed by atoms with E-state index in [0.29, 0.717) is 0 Å². The normalized spacial score (nSPS) is 34.0. The monoisotopic (exact) mass is 221 g/mol. The molecule has 4 N–H and O–H groups in total. The Morgan fingerprint density at radius 2 is 2.06 bits per heavy atom. The van der Waals surface area contributed by atoms with E-state index in [1.807, 2.05) is 0 Å². The lowest BCUT2D eigenvalue weighted by atomic mass is 9.77. The fourth-order valence-corrected chi connectivity index (χ4v) is 3.09. The summed E-state index contributed by atoms with van der Waals surface area (Å²) in [6, 6.07) is 0. The van der Waals surface area contributed by atoms with Crippen molar-refractivity contribution in [1.82, 2.24) is 10.2 Å². The molecular weight excluding hydrogens is 202 g/mol. The van der Waals surface area contributed by atoms with Crippen molar-refractivity contribution < 1.29 is 5.11 Å². The molecular formula is C12H19N3O. The summed E-state index contributed by atoms with van der Waals surface area (Å²) < 4.78 is 0. The van der Waals surface area contributed by atoms with Crippen molar-refractivity contribution in [1.29, 1.82) is 0 Å². The summed E-state index contributed by atoms with van der Waals surface area (Å²) in [5.41, 5.74) is 9.89. The van der Waals surface area contributed by atoms with Gasteiger partial charge in [0.2, 0.25) is 0 Å². The zero-order valence-corrected chi connectivity index (χ0v) is 9.50. The molecule has 2 aliphatic carbocycles. The van der Waals surface area contributed by atoms with Gasteiger partial charge in [0, 0.05) is 5.69 Å². The van der Waals surface area contributed by atoms with Crippen LogP contribution in [-0.4, -0.2) is 21.4 Å². The Hall–Kier alpha value is -0.870. The zero-order valence-electron chi connectivity index (χ0n) is 9.50. The molecule has 88 valence electrons. The maximum Gasteiger partial charge on any atom is 0.0855 e. The molecule has 3 rings (SSSR count). The molecule has 0 aromatic carbocycles. The van der Waals surface area contributed by atoms with Gasteiger partial charge in [0.1, 0.15) is 0 Å². The van der Waals surface area contributed by atoms with Gasteiger partial charge in [-0.15, -0.1) is 0 Å². The van der Waals surface area contributed by atoms with E-state index in [1.165, 1.54) is 17.7 Å². The average Bonchev–Trinajstić information content (AvgIpc) is 2.84. The van der Waals surface area contributed by atoms with Gasteiger partial charge in [0.15, 0.2) is 0 Å². The fourth-order valence-electron chi connectivity index (χ4n) is 3.09. The molecule has 0 aliphatic heterocycles. The van der Waals surface area contributed by atoms with E-state index < -0.39 is 0 Å². The largest absolute Gasteiger partial charge is 0.393 e. The van der Waals surface area contributed by atoms with Crippen molar-refractivity contribution in [3.8, 4) is 0 Å². The number of aliphatic hydroxyl groups excluding tert-OH is 1. The van der Waals surface area contributed by atoms with E-state index in [4.69, 9.17) is 5.73 Å². The minimum atomic E-state index is -0.298. The molecule has 2 aliphatic rings. The topological polar surface area (TPSA) is 74.9 Å². The Morgan fingerprint density at radius 1 is 1.31 bits per heavy atom. The second kappa shape index (κ2) is 3.57. The summed E-state index contributed by atoms with van der Waals surface area (Å²) in [6.07, 6.45) is 6.59. The van der Waals surface area contributed by atoms with Crippen molar-refractivity contribution in [2.45, 2.75) is 56.6 Å². The molecule has 4 nitrogen and oxygen atoms in total. The van der Waals surface area contributed by atoms with Crippen LogP contribution in [0.4, 0.5) is 0 Å². The van der Waals surface area contributed by atoms with Gasteiger partial charge in [-0.3, -0.25) is 5.10 Å². The predicted molar refractivity (Wildman–Crippen MR) is 61.0 cm³/mol. The number of aromatic amines is 1. The van der Waals surface area contributed by atoms with Crippen LogP contribution in [0.25, 0.3) is 0 Å². The van der Waals surface area contributed by atoms with E-state index in [0.717, 1.165) is 44.2 Å². The van der Waals surface area contributed by atoms with Crippen LogP contribution < -0.4 is 5.73 Å². The Balaban J connectivity index is 1.91. The standard InChI is InChI=1S/C12H19N3O/c13-12(6-4-8(16)5-7-12)11-9-2-1-3-10(9)14-15-11/h8,16H,1-7,13H2,(H,14,15). The second-order valence-electron chi connectivity index (χ2n) is 5.27. The van der Waals surface area contributed by atoms with E-state index >= 15 is 0 Å². The highest BCUT2D eigenvalue weighted by molar-refractivity contribution is 5.34. The number of nitrogens with zero attached hydrogens (tertiary/aromatic N) is 1. The molecule has 4 heteroatoms. The van der Waals surface area contributed by atoms with Gasteiger partial charge >= 0.3 is 0 Å². The molecule has 1 aromatic heterocycles. The van der Waals surface area contributed by atoms with E-state index in [-0.39, 0.29) is 11.6 Å². The smallest absolute Gasteiger partial charge is 0.0855 e. The van der Waals surface area contributed by atoms with Crippen LogP contribution in [0.2, 0.25) is 0 Å². The fraction of sp³-hybridized carbons (Fsp3) is 0.750. The first-order valence-electron chi connectivity index (χ1n) is 6.22. The summed E-state index contributed by atoms with van der Waals surface area (Å²) in [7, 11) is 0. The molecule has 0 amide bonds. The molecule has 0 radical (unpaired) electrons. The molecule has 16 heavy (non-hydrogen) atoms. The van der Waals surface area contributed by atoms with Gasteiger partial charge < -0.3 is 10.8 Å². The molecule has 0 atom stereocenters. The maximum absolute atomic E-state index is 9.55. The van der Waals surface area contributed by atoms with Crippen LogP contribution in [0.5, 0.6) is 0 Å². The summed E-state index contributed by atoms with van der Waals surface area (Å²) in [5.74, 6) is 0. The Labute approximate surface area is 95.2 Å². The highest BCUT2D eigenvalue weighted by Crippen LogP contribution is 2.38. The van der Waals surface area contributed by atoms with Crippen LogP contribution in [0.1, 0.15) is 49.1 Å². The van der Waals surface area contributed by atoms with Crippen LogP contribution in [0.15, 0.2) is 0 Å². The number of nitrogens with one attached hydrogen (secondary N) is 1. The first kappa shape index (κ1) is 10.3. The van der Waals surface area contributed by atoms with Gasteiger partial charge in [0.05, 0.1) is 17.3 Å². The maximum atomic E-state index is 9.55. The Bertz CT molecular complexity index is 391. The third-order valence-corrected chi connectivity index (χ3v) is 4.13. The first-order chi connectivity index (χ1) is 7.69. The van der Waals surface area contributed by atoms with Gasteiger partial charge in [-0.25, -0.2) is 0 Å². The predicted octanol–water partition coefficient (Wildman–Crippen LogP) is 0.987. The molecule has 0 unspecified atom stereocenters. The third kappa shape index (κ3) is 1.48. The number of aliphatic hydroxyl groups is 1. The molecule has 0 saturated heterocycles. The zero-order chi connectivity index (χ0) is 11.2. The lowest BCUT2D eigenvalue weighted by Crippen LogP contribution is -2.42. The summed E-state index contributed by atoms with van der Waals surface area (Å²) in [4.78, 5) is 0. The van der Waals surface area contributed by atoms with Crippen LogP contribution in [0, 0.1) is 0 Å². The summed E-state index contributed by atoms with van der Waals surface area (Å²) in [5, 5.41) is 17.1. The minimum Gasteiger partial charge on any atom is -0.393 e. The summed E-state index contributed by atoms with van der Waals surface area (Å²) in [6.45, 7) is 0. The van der Waals surface area contributed by atoms with Crippen molar-refractivity contribution >= 4 is 0 Å². The molecule has 1 heterocycles. The van der Waals surface area contributed by atoms with E-state index in [1.54, 1.807) is 0 Å². The lowest BCUT2D eigenvalue weighted by molar-refractivity contribution is 0.0953. The van der Waals surface area contributed by atoms with Gasteiger partial charge in [0.25, 0.3) is 0 Å². The number of hydrogen-bond acceptors (Lipinski definition) is 3. The van der Waals surface area contributed by atoms with Gasteiger partial charge in [-0.05, 0) is 50.5 Å². The molecule has 0 spiro atoms. The highest BCUT2D eigenvalue weighted by Gasteiger charge is 2.37. The number of aromatic nitrogens is 2.